The zero-order valence-electron chi connectivity index (χ0n) is 13.5. The molecule has 1 amide bonds. The summed E-state index contributed by atoms with van der Waals surface area (Å²) in [6, 6.07) is 6.07. The molecule has 6 nitrogen and oxygen atoms in total. The number of hydrogen-bond donors (Lipinski definition) is 1. The number of likely N-dealkylation sites (tertiary alicyclic amines) is 1. The standard InChI is InChI=1S/C17H23NO5/c1-12-6-7-18(15(10-12)17(20)21)16(19)13-4-3-5-14(11-13)23-9-8-22-2/h3-5,11-12,15H,6-10H2,1-2H3,(H,20,21). The van der Waals surface area contributed by atoms with Crippen LogP contribution >= 0.6 is 0 Å². The predicted molar refractivity (Wildman–Crippen MR) is 84.7 cm³/mol. The second-order valence-corrected chi connectivity index (χ2v) is 5.85. The Hall–Kier alpha value is -2.08. The Morgan fingerprint density at radius 1 is 1.35 bits per heavy atom. The highest BCUT2D eigenvalue weighted by Crippen LogP contribution is 2.25. The minimum atomic E-state index is -0.947. The van der Waals surface area contributed by atoms with E-state index in [1.54, 1.807) is 31.4 Å². The van der Waals surface area contributed by atoms with Crippen molar-refractivity contribution < 1.29 is 24.2 Å². The summed E-state index contributed by atoms with van der Waals surface area (Å²) in [5, 5.41) is 9.39. The van der Waals surface area contributed by atoms with Crippen LogP contribution in [0.2, 0.25) is 0 Å². The lowest BCUT2D eigenvalue weighted by molar-refractivity contribution is -0.144. The minimum Gasteiger partial charge on any atom is -0.491 e. The molecule has 1 aromatic rings. The van der Waals surface area contributed by atoms with Crippen LogP contribution in [0.15, 0.2) is 24.3 Å². The maximum Gasteiger partial charge on any atom is 0.326 e. The molecule has 2 unspecified atom stereocenters. The van der Waals surface area contributed by atoms with Crippen LogP contribution in [0.5, 0.6) is 5.75 Å². The summed E-state index contributed by atoms with van der Waals surface area (Å²) in [5.74, 6) is -0.326. The minimum absolute atomic E-state index is 0.263. The number of carbonyl (C=O) groups excluding carboxylic acids is 1. The molecule has 1 N–H and O–H groups in total. The van der Waals surface area contributed by atoms with Crippen molar-refractivity contribution in [3.05, 3.63) is 29.8 Å². The van der Waals surface area contributed by atoms with Crippen LogP contribution in [0.3, 0.4) is 0 Å². The third-order valence-corrected chi connectivity index (χ3v) is 4.05. The van der Waals surface area contributed by atoms with Gasteiger partial charge in [0, 0.05) is 19.2 Å². The van der Waals surface area contributed by atoms with E-state index in [0.29, 0.717) is 43.4 Å². The third-order valence-electron chi connectivity index (χ3n) is 4.05. The molecular weight excluding hydrogens is 298 g/mol. The van der Waals surface area contributed by atoms with Gasteiger partial charge >= 0.3 is 5.97 Å². The van der Waals surface area contributed by atoms with E-state index >= 15 is 0 Å². The van der Waals surface area contributed by atoms with Gasteiger partial charge in [0.1, 0.15) is 18.4 Å². The van der Waals surface area contributed by atoms with Crippen molar-refractivity contribution >= 4 is 11.9 Å². The molecule has 2 atom stereocenters. The van der Waals surface area contributed by atoms with Crippen LogP contribution in [-0.4, -0.2) is 54.8 Å². The molecule has 6 heteroatoms. The first-order chi connectivity index (χ1) is 11.0. The number of carboxylic acids is 1. The number of carboxylic acid groups (broad SMARTS) is 1. The zero-order chi connectivity index (χ0) is 16.8. The van der Waals surface area contributed by atoms with Crippen molar-refractivity contribution in [2.45, 2.75) is 25.8 Å². The molecule has 1 aliphatic rings. The van der Waals surface area contributed by atoms with Crippen molar-refractivity contribution in [1.29, 1.82) is 0 Å². The van der Waals surface area contributed by atoms with Gasteiger partial charge in [-0.2, -0.15) is 0 Å². The summed E-state index contributed by atoms with van der Waals surface area (Å²) in [7, 11) is 1.59. The normalized spacial score (nSPS) is 21.0. The van der Waals surface area contributed by atoms with E-state index in [1.165, 1.54) is 4.90 Å². The molecule has 0 bridgehead atoms. The average Bonchev–Trinajstić information content (AvgIpc) is 2.54. The molecule has 0 radical (unpaired) electrons. The molecule has 2 rings (SSSR count). The Kier molecular flexibility index (Phi) is 5.98. The van der Waals surface area contributed by atoms with Crippen LogP contribution in [0.25, 0.3) is 0 Å². The number of piperidine rings is 1. The number of amides is 1. The van der Waals surface area contributed by atoms with Crippen LogP contribution in [0.1, 0.15) is 30.1 Å². The summed E-state index contributed by atoms with van der Waals surface area (Å²) in [6.07, 6.45) is 1.31. The largest absolute Gasteiger partial charge is 0.491 e. The van der Waals surface area contributed by atoms with E-state index in [-0.39, 0.29) is 5.91 Å². The maximum absolute atomic E-state index is 12.7. The van der Waals surface area contributed by atoms with Crippen LogP contribution in [-0.2, 0) is 9.53 Å². The monoisotopic (exact) mass is 321 g/mol. The van der Waals surface area contributed by atoms with Crippen LogP contribution in [0, 0.1) is 5.92 Å². The lowest BCUT2D eigenvalue weighted by Crippen LogP contribution is -2.49. The lowest BCUT2D eigenvalue weighted by atomic mass is 9.92. The van der Waals surface area contributed by atoms with Crippen molar-refractivity contribution in [3.63, 3.8) is 0 Å². The van der Waals surface area contributed by atoms with Gasteiger partial charge in [0.15, 0.2) is 0 Å². The molecule has 1 aromatic carbocycles. The van der Waals surface area contributed by atoms with E-state index in [9.17, 15) is 14.7 Å². The molecule has 1 aliphatic heterocycles. The van der Waals surface area contributed by atoms with Gasteiger partial charge in [-0.05, 0) is 37.0 Å². The third kappa shape index (κ3) is 4.45. The summed E-state index contributed by atoms with van der Waals surface area (Å²) >= 11 is 0. The molecule has 0 aliphatic carbocycles. The first-order valence-electron chi connectivity index (χ1n) is 7.78. The SMILES string of the molecule is COCCOc1cccc(C(=O)N2CCC(C)CC2C(=O)O)c1. The molecule has 1 fully saturated rings. The fourth-order valence-electron chi connectivity index (χ4n) is 2.75. The quantitative estimate of drug-likeness (QED) is 0.811. The highest BCUT2D eigenvalue weighted by atomic mass is 16.5. The van der Waals surface area contributed by atoms with E-state index in [1.807, 2.05) is 6.92 Å². The number of aliphatic carboxylic acids is 1. The number of rotatable bonds is 6. The smallest absolute Gasteiger partial charge is 0.326 e. The Bertz CT molecular complexity index is 560. The Labute approximate surface area is 136 Å². The summed E-state index contributed by atoms with van der Waals surface area (Å²) < 4.78 is 10.4. The van der Waals surface area contributed by atoms with Gasteiger partial charge in [0.2, 0.25) is 0 Å². The van der Waals surface area contributed by atoms with Gasteiger partial charge < -0.3 is 19.5 Å². The fourth-order valence-corrected chi connectivity index (χ4v) is 2.75. The van der Waals surface area contributed by atoms with Gasteiger partial charge in [-0.15, -0.1) is 0 Å². The second kappa shape index (κ2) is 7.97. The van der Waals surface area contributed by atoms with E-state index < -0.39 is 12.0 Å². The van der Waals surface area contributed by atoms with Crippen LogP contribution in [0.4, 0.5) is 0 Å². The molecule has 23 heavy (non-hydrogen) atoms. The van der Waals surface area contributed by atoms with E-state index in [4.69, 9.17) is 9.47 Å². The number of hydrogen-bond acceptors (Lipinski definition) is 4. The Morgan fingerprint density at radius 2 is 2.13 bits per heavy atom. The number of nitrogens with zero attached hydrogens (tertiary/aromatic N) is 1. The van der Waals surface area contributed by atoms with Gasteiger partial charge in [0.05, 0.1) is 6.61 Å². The van der Waals surface area contributed by atoms with Crippen molar-refractivity contribution in [2.24, 2.45) is 5.92 Å². The highest BCUT2D eigenvalue weighted by molar-refractivity contribution is 5.97. The van der Waals surface area contributed by atoms with Gasteiger partial charge in [-0.3, -0.25) is 4.79 Å². The first-order valence-corrected chi connectivity index (χ1v) is 7.78. The number of carbonyl (C=O) groups is 2. The number of benzene rings is 1. The molecule has 1 heterocycles. The van der Waals surface area contributed by atoms with Crippen molar-refractivity contribution in [3.8, 4) is 5.75 Å². The zero-order valence-corrected chi connectivity index (χ0v) is 13.5. The van der Waals surface area contributed by atoms with Gasteiger partial charge in [0.25, 0.3) is 5.91 Å². The predicted octanol–water partition coefficient (Wildman–Crippen LogP) is 2.04. The molecule has 0 aromatic heterocycles. The summed E-state index contributed by atoms with van der Waals surface area (Å²) in [5.41, 5.74) is 0.445. The summed E-state index contributed by atoms with van der Waals surface area (Å²) in [4.78, 5) is 25.6. The number of methoxy groups -OCH3 is 1. The Morgan fingerprint density at radius 3 is 2.83 bits per heavy atom. The summed E-state index contributed by atoms with van der Waals surface area (Å²) in [6.45, 7) is 3.34. The van der Waals surface area contributed by atoms with Crippen molar-refractivity contribution in [1.82, 2.24) is 4.90 Å². The second-order valence-electron chi connectivity index (χ2n) is 5.85. The first kappa shape index (κ1) is 17.3. The molecule has 1 saturated heterocycles. The molecule has 126 valence electrons. The Balaban J connectivity index is 2.12. The van der Waals surface area contributed by atoms with E-state index in [2.05, 4.69) is 0 Å². The van der Waals surface area contributed by atoms with Gasteiger partial charge in [-0.25, -0.2) is 4.79 Å². The number of ether oxygens (including phenoxy) is 2. The molecule has 0 spiro atoms. The average molecular weight is 321 g/mol. The topological polar surface area (TPSA) is 76.1 Å². The lowest BCUT2D eigenvalue weighted by Gasteiger charge is -2.36. The molecular formula is C17H23NO5. The highest BCUT2D eigenvalue weighted by Gasteiger charge is 2.35. The van der Waals surface area contributed by atoms with Crippen molar-refractivity contribution in [2.75, 3.05) is 26.9 Å². The maximum atomic E-state index is 12.7. The fraction of sp³-hybridized carbons (Fsp3) is 0.529. The van der Waals surface area contributed by atoms with Crippen LogP contribution < -0.4 is 4.74 Å². The van der Waals surface area contributed by atoms with Gasteiger partial charge in [-0.1, -0.05) is 13.0 Å². The van der Waals surface area contributed by atoms with E-state index in [0.717, 1.165) is 6.42 Å². The molecule has 0 saturated carbocycles.